The van der Waals surface area contributed by atoms with E-state index in [0.717, 1.165) is 17.1 Å². The van der Waals surface area contributed by atoms with Crippen LogP contribution in [-0.2, 0) is 15.0 Å². The van der Waals surface area contributed by atoms with E-state index in [1.54, 1.807) is 0 Å². The van der Waals surface area contributed by atoms with E-state index >= 15 is 0 Å². The quantitative estimate of drug-likeness (QED) is 0.654. The van der Waals surface area contributed by atoms with Crippen molar-refractivity contribution in [2.75, 3.05) is 26.2 Å². The van der Waals surface area contributed by atoms with E-state index in [0.29, 0.717) is 13.1 Å². The Balaban J connectivity index is 2.83. The van der Waals surface area contributed by atoms with Gasteiger partial charge in [0.25, 0.3) is 10.2 Å². The van der Waals surface area contributed by atoms with Crippen LogP contribution in [0.2, 0.25) is 0 Å². The summed E-state index contributed by atoms with van der Waals surface area (Å²) in [5, 5.41) is 8.62. The van der Waals surface area contributed by atoms with Gasteiger partial charge in [-0.15, -0.1) is 6.42 Å². The lowest BCUT2D eigenvalue weighted by atomic mass is 10.4. The van der Waals surface area contributed by atoms with Crippen LogP contribution in [-0.4, -0.2) is 54.3 Å². The van der Waals surface area contributed by atoms with E-state index in [2.05, 4.69) is 5.92 Å². The van der Waals surface area contributed by atoms with Crippen LogP contribution >= 0.6 is 0 Å². The largest absolute Gasteiger partial charge is 0.480 e. The van der Waals surface area contributed by atoms with Crippen LogP contribution in [0.4, 0.5) is 0 Å². The molecule has 90 valence electrons. The zero-order chi connectivity index (χ0) is 12.2. The summed E-state index contributed by atoms with van der Waals surface area (Å²) in [4.78, 5) is 10.6. The molecule has 0 amide bonds. The number of carbonyl (C=O) groups is 1. The Morgan fingerprint density at radius 3 is 2.44 bits per heavy atom. The van der Waals surface area contributed by atoms with E-state index < -0.39 is 22.7 Å². The van der Waals surface area contributed by atoms with Crippen LogP contribution in [0.5, 0.6) is 0 Å². The number of rotatable bonds is 5. The van der Waals surface area contributed by atoms with Gasteiger partial charge >= 0.3 is 5.97 Å². The van der Waals surface area contributed by atoms with E-state index in [-0.39, 0.29) is 6.54 Å². The van der Waals surface area contributed by atoms with Crippen molar-refractivity contribution >= 4 is 16.2 Å². The molecule has 16 heavy (non-hydrogen) atoms. The zero-order valence-corrected chi connectivity index (χ0v) is 9.61. The topological polar surface area (TPSA) is 77.9 Å². The third kappa shape index (κ3) is 2.95. The zero-order valence-electron chi connectivity index (χ0n) is 8.79. The summed E-state index contributed by atoms with van der Waals surface area (Å²) in [5.41, 5.74) is 0. The fourth-order valence-corrected chi connectivity index (χ4v) is 3.11. The molecule has 0 spiro atoms. The van der Waals surface area contributed by atoms with Crippen LogP contribution in [0.15, 0.2) is 0 Å². The minimum absolute atomic E-state index is 0.217. The number of carboxylic acids is 1. The Morgan fingerprint density at radius 2 is 2.00 bits per heavy atom. The van der Waals surface area contributed by atoms with Crippen molar-refractivity contribution in [1.29, 1.82) is 0 Å². The van der Waals surface area contributed by atoms with Gasteiger partial charge in [-0.1, -0.05) is 5.92 Å². The van der Waals surface area contributed by atoms with Gasteiger partial charge in [0.2, 0.25) is 0 Å². The molecule has 1 N–H and O–H groups in total. The fourth-order valence-electron chi connectivity index (χ4n) is 1.55. The minimum Gasteiger partial charge on any atom is -0.480 e. The molecule has 7 heteroatoms. The summed E-state index contributed by atoms with van der Waals surface area (Å²) in [7, 11) is -3.71. The Bertz CT molecular complexity index is 392. The SMILES string of the molecule is C#CCN(CC(=O)O)S(=O)(=O)N1CCCC1. The molecule has 0 aromatic carbocycles. The highest BCUT2D eigenvalue weighted by Crippen LogP contribution is 2.15. The maximum atomic E-state index is 12.0. The van der Waals surface area contributed by atoms with Crippen LogP contribution in [0.25, 0.3) is 0 Å². The lowest BCUT2D eigenvalue weighted by molar-refractivity contribution is -0.137. The van der Waals surface area contributed by atoms with Gasteiger partial charge in [-0.05, 0) is 12.8 Å². The highest BCUT2D eigenvalue weighted by molar-refractivity contribution is 7.86. The van der Waals surface area contributed by atoms with Gasteiger partial charge < -0.3 is 5.11 Å². The molecule has 1 saturated heterocycles. The predicted octanol–water partition coefficient (Wildman–Crippen LogP) is -0.653. The van der Waals surface area contributed by atoms with Gasteiger partial charge in [-0.3, -0.25) is 4.79 Å². The number of terminal acetylenes is 1. The van der Waals surface area contributed by atoms with Crippen molar-refractivity contribution in [3.8, 4) is 12.3 Å². The number of carboxylic acid groups (broad SMARTS) is 1. The molecular formula is C9H14N2O4S. The average Bonchev–Trinajstić information content (AvgIpc) is 2.69. The monoisotopic (exact) mass is 246 g/mol. The predicted molar refractivity (Wildman–Crippen MR) is 57.8 cm³/mol. The molecule has 0 radical (unpaired) electrons. The molecule has 0 aromatic rings. The summed E-state index contributed by atoms with van der Waals surface area (Å²) in [6.45, 7) is 0.0558. The van der Waals surface area contributed by atoms with Crippen LogP contribution in [0.1, 0.15) is 12.8 Å². The van der Waals surface area contributed by atoms with Gasteiger partial charge in [0.1, 0.15) is 6.54 Å². The molecule has 1 aliphatic heterocycles. The first-order chi connectivity index (χ1) is 7.48. The molecule has 0 aliphatic carbocycles. The normalized spacial score (nSPS) is 17.5. The third-order valence-corrected chi connectivity index (χ3v) is 4.23. The van der Waals surface area contributed by atoms with Gasteiger partial charge in [-0.2, -0.15) is 17.0 Å². The number of nitrogens with zero attached hydrogens (tertiary/aromatic N) is 2. The second-order valence-corrected chi connectivity index (χ2v) is 5.41. The van der Waals surface area contributed by atoms with Crippen molar-refractivity contribution in [2.45, 2.75) is 12.8 Å². The fraction of sp³-hybridized carbons (Fsp3) is 0.667. The second kappa shape index (κ2) is 5.30. The standard InChI is InChI=1S/C9H14N2O4S/c1-2-5-11(8-9(12)13)16(14,15)10-6-3-4-7-10/h1H,3-8H2,(H,12,13). The van der Waals surface area contributed by atoms with Crippen LogP contribution in [0.3, 0.4) is 0 Å². The average molecular weight is 246 g/mol. The molecule has 0 unspecified atom stereocenters. The molecule has 0 saturated carbocycles. The van der Waals surface area contributed by atoms with Crippen molar-refractivity contribution in [2.24, 2.45) is 0 Å². The first-order valence-electron chi connectivity index (χ1n) is 4.89. The van der Waals surface area contributed by atoms with Crippen LogP contribution < -0.4 is 0 Å². The maximum Gasteiger partial charge on any atom is 0.318 e. The molecule has 1 fully saturated rings. The highest BCUT2D eigenvalue weighted by atomic mass is 32.2. The molecule has 1 rings (SSSR count). The van der Waals surface area contributed by atoms with Gasteiger partial charge in [0.05, 0.1) is 6.54 Å². The first kappa shape index (κ1) is 13.0. The lowest BCUT2D eigenvalue weighted by Gasteiger charge is -2.24. The number of aliphatic carboxylic acids is 1. The van der Waals surface area contributed by atoms with E-state index in [1.165, 1.54) is 4.31 Å². The van der Waals surface area contributed by atoms with Gasteiger partial charge in [0, 0.05) is 13.1 Å². The van der Waals surface area contributed by atoms with Crippen molar-refractivity contribution in [1.82, 2.24) is 8.61 Å². The Hall–Kier alpha value is -1.10. The second-order valence-electron chi connectivity index (χ2n) is 3.48. The minimum atomic E-state index is -3.71. The molecule has 1 heterocycles. The van der Waals surface area contributed by atoms with Crippen molar-refractivity contribution in [3.05, 3.63) is 0 Å². The third-order valence-electron chi connectivity index (χ3n) is 2.30. The summed E-state index contributed by atoms with van der Waals surface area (Å²) >= 11 is 0. The van der Waals surface area contributed by atoms with Crippen LogP contribution in [0, 0.1) is 12.3 Å². The maximum absolute atomic E-state index is 12.0. The van der Waals surface area contributed by atoms with Gasteiger partial charge in [-0.25, -0.2) is 0 Å². The van der Waals surface area contributed by atoms with Gasteiger partial charge in [0.15, 0.2) is 0 Å². The molecular weight excluding hydrogens is 232 g/mol. The summed E-state index contributed by atoms with van der Waals surface area (Å²) < 4.78 is 26.0. The van der Waals surface area contributed by atoms with Crippen molar-refractivity contribution < 1.29 is 18.3 Å². The highest BCUT2D eigenvalue weighted by Gasteiger charge is 2.32. The number of hydrogen-bond donors (Lipinski definition) is 1. The Kier molecular flexibility index (Phi) is 4.29. The Labute approximate surface area is 95.0 Å². The number of hydrogen-bond acceptors (Lipinski definition) is 3. The first-order valence-corrected chi connectivity index (χ1v) is 6.28. The molecule has 0 atom stereocenters. The van der Waals surface area contributed by atoms with E-state index in [4.69, 9.17) is 11.5 Å². The Morgan fingerprint density at radius 1 is 1.44 bits per heavy atom. The van der Waals surface area contributed by atoms with E-state index in [1.807, 2.05) is 0 Å². The molecule has 0 aromatic heterocycles. The smallest absolute Gasteiger partial charge is 0.318 e. The summed E-state index contributed by atoms with van der Waals surface area (Å²) in [5.74, 6) is 0.949. The molecule has 6 nitrogen and oxygen atoms in total. The van der Waals surface area contributed by atoms with Crippen molar-refractivity contribution in [3.63, 3.8) is 0 Å². The summed E-state index contributed by atoms with van der Waals surface area (Å²) in [6, 6.07) is 0. The lowest BCUT2D eigenvalue weighted by Crippen LogP contribution is -2.44. The summed E-state index contributed by atoms with van der Waals surface area (Å²) in [6.07, 6.45) is 6.64. The van der Waals surface area contributed by atoms with E-state index in [9.17, 15) is 13.2 Å². The molecule has 1 aliphatic rings. The molecule has 0 bridgehead atoms.